The predicted octanol–water partition coefficient (Wildman–Crippen LogP) is 5.05. The molecule has 150 valence electrons. The van der Waals surface area contributed by atoms with Gasteiger partial charge in [0.25, 0.3) is 11.1 Å². The molecule has 0 aliphatic carbocycles. The summed E-state index contributed by atoms with van der Waals surface area (Å²) in [5.41, 5.74) is 0.991. The zero-order chi connectivity index (χ0) is 21.1. The fraction of sp³-hybridized carbons (Fsp3) is 0.105. The molecule has 2 aromatic carbocycles. The van der Waals surface area contributed by atoms with Crippen molar-refractivity contribution in [2.24, 2.45) is 0 Å². The minimum atomic E-state index is -1.27. The molecule has 1 aliphatic heterocycles. The number of carbonyl (C=O) groups is 3. The third-order valence-corrected chi connectivity index (χ3v) is 5.90. The van der Waals surface area contributed by atoms with Crippen molar-refractivity contribution in [2.75, 3.05) is 6.54 Å². The molecule has 1 heterocycles. The van der Waals surface area contributed by atoms with E-state index in [-0.39, 0.29) is 17.3 Å². The average molecular weight is 545 g/mol. The van der Waals surface area contributed by atoms with Crippen LogP contribution in [0.5, 0.6) is 5.75 Å². The van der Waals surface area contributed by atoms with E-state index in [1.807, 2.05) is 0 Å². The predicted molar refractivity (Wildman–Crippen MR) is 113 cm³/mol. The summed E-state index contributed by atoms with van der Waals surface area (Å²) in [6, 6.07) is 9.63. The first-order chi connectivity index (χ1) is 13.8. The molecular formula is C19H12Br2FNO5S. The molecule has 0 radical (unpaired) electrons. The number of imide groups is 1. The smallest absolute Gasteiger partial charge is 0.323 e. The second-order valence-corrected chi connectivity index (χ2v) is 8.56. The fourth-order valence-corrected chi connectivity index (χ4v) is 4.78. The second kappa shape index (κ2) is 9.10. The number of carbonyl (C=O) groups excluding carboxylic acids is 2. The fourth-order valence-electron chi connectivity index (χ4n) is 2.49. The minimum absolute atomic E-state index is 0.0251. The number of hydrogen-bond acceptors (Lipinski definition) is 5. The van der Waals surface area contributed by atoms with Crippen LogP contribution in [0.1, 0.15) is 11.1 Å². The second-order valence-electron chi connectivity index (χ2n) is 5.86. The van der Waals surface area contributed by atoms with Crippen LogP contribution >= 0.6 is 43.6 Å². The molecule has 29 heavy (non-hydrogen) atoms. The Hall–Kier alpha value is -2.17. The Morgan fingerprint density at radius 1 is 1.21 bits per heavy atom. The molecule has 0 atom stereocenters. The summed E-state index contributed by atoms with van der Waals surface area (Å²) in [4.78, 5) is 35.7. The largest absolute Gasteiger partial charge is 0.486 e. The van der Waals surface area contributed by atoms with E-state index in [4.69, 9.17) is 9.84 Å². The number of aliphatic carboxylic acids is 1. The van der Waals surface area contributed by atoms with Gasteiger partial charge in [-0.15, -0.1) is 0 Å². The van der Waals surface area contributed by atoms with E-state index in [2.05, 4.69) is 31.9 Å². The molecule has 0 unspecified atom stereocenters. The van der Waals surface area contributed by atoms with E-state index < -0.39 is 23.7 Å². The monoisotopic (exact) mass is 543 g/mol. The summed E-state index contributed by atoms with van der Waals surface area (Å²) >= 11 is 7.45. The number of amides is 2. The van der Waals surface area contributed by atoms with Gasteiger partial charge in [-0.2, -0.15) is 0 Å². The Balaban J connectivity index is 1.80. The highest BCUT2D eigenvalue weighted by molar-refractivity contribution is 9.11. The molecule has 3 rings (SSSR count). The van der Waals surface area contributed by atoms with E-state index in [0.29, 0.717) is 42.5 Å². The Labute approximate surface area is 186 Å². The van der Waals surface area contributed by atoms with E-state index in [9.17, 15) is 18.8 Å². The molecule has 1 saturated heterocycles. The first-order valence-corrected chi connectivity index (χ1v) is 10.5. The highest BCUT2D eigenvalue weighted by atomic mass is 79.9. The zero-order valence-electron chi connectivity index (χ0n) is 14.5. The van der Waals surface area contributed by atoms with Crippen molar-refractivity contribution in [3.05, 3.63) is 67.2 Å². The Morgan fingerprint density at radius 3 is 2.48 bits per heavy atom. The summed E-state index contributed by atoms with van der Waals surface area (Å²) < 4.78 is 20.6. The average Bonchev–Trinajstić information content (AvgIpc) is 2.89. The number of carboxylic acids is 1. The Kier molecular flexibility index (Phi) is 6.76. The molecule has 0 aromatic heterocycles. The van der Waals surface area contributed by atoms with Crippen molar-refractivity contribution in [3.63, 3.8) is 0 Å². The molecule has 2 aromatic rings. The minimum Gasteiger partial charge on any atom is -0.486 e. The van der Waals surface area contributed by atoms with Crippen molar-refractivity contribution in [3.8, 4) is 5.75 Å². The van der Waals surface area contributed by atoms with Gasteiger partial charge in [0.05, 0.1) is 13.9 Å². The Bertz CT molecular complexity index is 1020. The maximum atomic E-state index is 13.8. The summed E-state index contributed by atoms with van der Waals surface area (Å²) in [6.45, 7) is -0.657. The number of ether oxygens (including phenoxy) is 1. The van der Waals surface area contributed by atoms with E-state index in [1.54, 1.807) is 30.3 Å². The van der Waals surface area contributed by atoms with Gasteiger partial charge in [0.1, 0.15) is 24.7 Å². The van der Waals surface area contributed by atoms with Crippen LogP contribution < -0.4 is 4.74 Å². The maximum absolute atomic E-state index is 13.8. The molecule has 6 nitrogen and oxygen atoms in total. The maximum Gasteiger partial charge on any atom is 0.323 e. The van der Waals surface area contributed by atoms with Gasteiger partial charge in [0.15, 0.2) is 0 Å². The van der Waals surface area contributed by atoms with Crippen molar-refractivity contribution in [2.45, 2.75) is 6.61 Å². The molecule has 1 N–H and O–H groups in total. The first kappa shape index (κ1) is 21.5. The first-order valence-electron chi connectivity index (χ1n) is 8.08. The summed E-state index contributed by atoms with van der Waals surface area (Å²) in [6.07, 6.45) is 1.49. The number of nitrogens with zero attached hydrogens (tertiary/aromatic N) is 1. The van der Waals surface area contributed by atoms with Crippen molar-refractivity contribution in [1.82, 2.24) is 4.90 Å². The topological polar surface area (TPSA) is 83.9 Å². The van der Waals surface area contributed by atoms with Crippen LogP contribution in [0.2, 0.25) is 0 Å². The van der Waals surface area contributed by atoms with Gasteiger partial charge in [-0.1, -0.05) is 18.2 Å². The lowest BCUT2D eigenvalue weighted by molar-refractivity contribution is -0.140. The van der Waals surface area contributed by atoms with Crippen molar-refractivity contribution >= 4 is 66.8 Å². The number of rotatable bonds is 6. The quantitative estimate of drug-likeness (QED) is 0.512. The van der Waals surface area contributed by atoms with Gasteiger partial charge in [-0.25, -0.2) is 4.39 Å². The van der Waals surface area contributed by atoms with Crippen LogP contribution in [0, 0.1) is 5.82 Å². The van der Waals surface area contributed by atoms with Gasteiger partial charge in [0.2, 0.25) is 0 Å². The van der Waals surface area contributed by atoms with Gasteiger partial charge >= 0.3 is 5.97 Å². The summed E-state index contributed by atoms with van der Waals surface area (Å²) in [7, 11) is 0. The molecule has 0 saturated carbocycles. The zero-order valence-corrected chi connectivity index (χ0v) is 18.5. The number of hydrogen-bond donors (Lipinski definition) is 1. The van der Waals surface area contributed by atoms with Crippen LogP contribution in [-0.4, -0.2) is 33.7 Å². The molecule has 10 heteroatoms. The van der Waals surface area contributed by atoms with Crippen LogP contribution in [0.4, 0.5) is 9.18 Å². The lowest BCUT2D eigenvalue weighted by Gasteiger charge is -2.12. The number of benzene rings is 2. The van der Waals surface area contributed by atoms with Crippen LogP contribution in [0.25, 0.3) is 6.08 Å². The molecule has 1 fully saturated rings. The van der Waals surface area contributed by atoms with Gasteiger partial charge in [-0.05, 0) is 73.5 Å². The molecular weight excluding hydrogens is 533 g/mol. The van der Waals surface area contributed by atoms with Crippen molar-refractivity contribution < 1.29 is 28.6 Å². The summed E-state index contributed by atoms with van der Waals surface area (Å²) in [5.74, 6) is -1.84. The highest BCUT2D eigenvalue weighted by Gasteiger charge is 2.36. The number of carboxylic acid groups (broad SMARTS) is 1. The number of halogens is 3. The van der Waals surface area contributed by atoms with Crippen LogP contribution in [0.3, 0.4) is 0 Å². The van der Waals surface area contributed by atoms with Gasteiger partial charge in [-0.3, -0.25) is 19.3 Å². The van der Waals surface area contributed by atoms with E-state index in [0.717, 1.165) is 0 Å². The molecule has 0 bridgehead atoms. The Morgan fingerprint density at radius 2 is 1.86 bits per heavy atom. The van der Waals surface area contributed by atoms with Gasteiger partial charge in [0, 0.05) is 5.56 Å². The lowest BCUT2D eigenvalue weighted by Crippen LogP contribution is -2.33. The van der Waals surface area contributed by atoms with E-state index >= 15 is 0 Å². The third kappa shape index (κ3) is 5.06. The summed E-state index contributed by atoms with van der Waals surface area (Å²) in [5, 5.41) is 8.18. The van der Waals surface area contributed by atoms with Gasteiger partial charge < -0.3 is 9.84 Å². The highest BCUT2D eigenvalue weighted by Crippen LogP contribution is 2.38. The third-order valence-electron chi connectivity index (χ3n) is 3.82. The standard InChI is InChI=1S/C19H12Br2FNO5S/c20-12-5-10(7-15-18(26)23(8-16(24)25)19(27)29-15)6-13(21)17(12)28-9-11-3-1-2-4-14(11)22/h1-7H,8-9H2,(H,24,25)/b15-7+. The lowest BCUT2D eigenvalue weighted by atomic mass is 10.2. The number of thioether (sulfide) groups is 1. The van der Waals surface area contributed by atoms with E-state index in [1.165, 1.54) is 12.1 Å². The van der Waals surface area contributed by atoms with Crippen LogP contribution in [-0.2, 0) is 16.2 Å². The molecule has 2 amide bonds. The van der Waals surface area contributed by atoms with Crippen molar-refractivity contribution in [1.29, 1.82) is 0 Å². The normalized spacial score (nSPS) is 15.3. The molecule has 1 aliphatic rings. The van der Waals surface area contributed by atoms with Crippen LogP contribution in [0.15, 0.2) is 50.2 Å². The molecule has 0 spiro atoms. The SMILES string of the molecule is O=C(O)CN1C(=O)S/C(=C/c2cc(Br)c(OCc3ccccc3F)c(Br)c2)C1=O.